The van der Waals surface area contributed by atoms with Crippen molar-refractivity contribution < 1.29 is 9.53 Å². The Balaban J connectivity index is 1.85. The summed E-state index contributed by atoms with van der Waals surface area (Å²) in [6.45, 7) is 2.60. The van der Waals surface area contributed by atoms with Gasteiger partial charge in [-0.2, -0.15) is 0 Å². The second-order valence-corrected chi connectivity index (χ2v) is 5.63. The van der Waals surface area contributed by atoms with E-state index >= 15 is 0 Å². The zero-order chi connectivity index (χ0) is 14.5. The summed E-state index contributed by atoms with van der Waals surface area (Å²) in [6, 6.07) is 8.04. The van der Waals surface area contributed by atoms with E-state index in [4.69, 9.17) is 10.5 Å². The molecule has 2 rings (SSSR count). The van der Waals surface area contributed by atoms with Crippen LogP contribution in [-0.2, 0) is 4.79 Å². The summed E-state index contributed by atoms with van der Waals surface area (Å²) in [6.07, 6.45) is 2.88. The van der Waals surface area contributed by atoms with E-state index < -0.39 is 0 Å². The molecule has 1 aliphatic carbocycles. The van der Waals surface area contributed by atoms with Gasteiger partial charge in [-0.05, 0) is 42.4 Å². The third-order valence-electron chi connectivity index (χ3n) is 3.97. The molecule has 20 heavy (non-hydrogen) atoms. The van der Waals surface area contributed by atoms with Crippen molar-refractivity contribution in [1.82, 2.24) is 5.32 Å². The Bertz CT molecular complexity index is 440. The van der Waals surface area contributed by atoms with E-state index in [0.717, 1.165) is 11.3 Å². The van der Waals surface area contributed by atoms with Gasteiger partial charge in [0.2, 0.25) is 5.91 Å². The molecule has 2 unspecified atom stereocenters. The van der Waals surface area contributed by atoms with Crippen LogP contribution in [0.1, 0.15) is 37.7 Å². The van der Waals surface area contributed by atoms with Crippen molar-refractivity contribution in [3.63, 3.8) is 0 Å². The molecular weight excluding hydrogens is 252 g/mol. The smallest absolute Gasteiger partial charge is 0.220 e. The van der Waals surface area contributed by atoms with E-state index in [2.05, 4.69) is 12.2 Å². The van der Waals surface area contributed by atoms with E-state index in [-0.39, 0.29) is 17.9 Å². The number of hydrogen-bond acceptors (Lipinski definition) is 3. The molecule has 1 amide bonds. The van der Waals surface area contributed by atoms with Gasteiger partial charge >= 0.3 is 0 Å². The first-order chi connectivity index (χ1) is 9.63. The van der Waals surface area contributed by atoms with Gasteiger partial charge < -0.3 is 15.8 Å². The van der Waals surface area contributed by atoms with Crippen molar-refractivity contribution in [2.45, 2.75) is 38.1 Å². The number of nitrogens with one attached hydrogen (secondary N) is 1. The van der Waals surface area contributed by atoms with Crippen LogP contribution in [0.2, 0.25) is 0 Å². The number of carbonyl (C=O) groups is 1. The Labute approximate surface area is 120 Å². The third-order valence-corrected chi connectivity index (χ3v) is 3.97. The summed E-state index contributed by atoms with van der Waals surface area (Å²) < 4.78 is 5.14. The van der Waals surface area contributed by atoms with Crippen LogP contribution < -0.4 is 15.8 Å². The first-order valence-electron chi connectivity index (χ1n) is 7.27. The number of amides is 1. The Morgan fingerprint density at radius 2 is 2.05 bits per heavy atom. The van der Waals surface area contributed by atoms with Crippen molar-refractivity contribution in [2.24, 2.45) is 11.7 Å². The molecule has 0 heterocycles. The molecule has 1 saturated carbocycles. The van der Waals surface area contributed by atoms with Crippen LogP contribution in [-0.4, -0.2) is 25.6 Å². The Morgan fingerprint density at radius 1 is 1.40 bits per heavy atom. The van der Waals surface area contributed by atoms with Gasteiger partial charge in [-0.25, -0.2) is 0 Å². The summed E-state index contributed by atoms with van der Waals surface area (Å²) in [4.78, 5) is 12.1. The van der Waals surface area contributed by atoms with E-state index in [0.29, 0.717) is 18.9 Å². The van der Waals surface area contributed by atoms with Gasteiger partial charge in [0, 0.05) is 19.0 Å². The molecule has 1 aliphatic rings. The molecule has 4 heteroatoms. The number of benzene rings is 1. The van der Waals surface area contributed by atoms with Gasteiger partial charge in [-0.15, -0.1) is 0 Å². The molecule has 1 aromatic carbocycles. The van der Waals surface area contributed by atoms with Crippen molar-refractivity contribution in [1.29, 1.82) is 0 Å². The highest BCUT2D eigenvalue weighted by molar-refractivity contribution is 5.77. The maximum absolute atomic E-state index is 12.1. The van der Waals surface area contributed by atoms with Crippen LogP contribution in [0.15, 0.2) is 24.3 Å². The Hall–Kier alpha value is -1.55. The van der Waals surface area contributed by atoms with Gasteiger partial charge in [0.15, 0.2) is 0 Å². The predicted octanol–water partition coefficient (Wildman–Crippen LogP) is 2.04. The minimum absolute atomic E-state index is 0.0932. The number of hydrogen-bond donors (Lipinski definition) is 2. The van der Waals surface area contributed by atoms with Crippen molar-refractivity contribution >= 4 is 5.91 Å². The van der Waals surface area contributed by atoms with Gasteiger partial charge in [0.1, 0.15) is 5.75 Å². The highest BCUT2D eigenvalue weighted by atomic mass is 16.5. The molecule has 0 aliphatic heterocycles. The second kappa shape index (κ2) is 6.75. The lowest BCUT2D eigenvalue weighted by Crippen LogP contribution is -2.42. The van der Waals surface area contributed by atoms with Crippen molar-refractivity contribution in [2.75, 3.05) is 13.7 Å². The van der Waals surface area contributed by atoms with Gasteiger partial charge in [-0.3, -0.25) is 4.79 Å². The Kier molecular flexibility index (Phi) is 5.01. The van der Waals surface area contributed by atoms with Crippen LogP contribution in [0.5, 0.6) is 5.75 Å². The highest BCUT2D eigenvalue weighted by Gasteiger charge is 2.31. The lowest BCUT2D eigenvalue weighted by Gasteiger charge is -2.18. The van der Waals surface area contributed by atoms with Crippen LogP contribution in [0, 0.1) is 5.92 Å². The number of ether oxygens (including phenoxy) is 1. The van der Waals surface area contributed by atoms with E-state index in [1.54, 1.807) is 7.11 Å². The maximum atomic E-state index is 12.1. The van der Waals surface area contributed by atoms with Crippen molar-refractivity contribution in [3.8, 4) is 5.75 Å². The molecular formula is C16H24N2O2. The molecule has 110 valence electrons. The summed E-state index contributed by atoms with van der Waals surface area (Å²) in [5.41, 5.74) is 6.86. The van der Waals surface area contributed by atoms with Crippen LogP contribution >= 0.6 is 0 Å². The third kappa shape index (κ3) is 3.97. The first kappa shape index (κ1) is 14.9. The normalized spacial score (nSPS) is 17.4. The Morgan fingerprint density at radius 3 is 2.55 bits per heavy atom. The number of rotatable bonds is 7. The zero-order valence-corrected chi connectivity index (χ0v) is 12.3. The molecule has 0 spiro atoms. The van der Waals surface area contributed by atoms with Gasteiger partial charge in [0.05, 0.1) is 7.11 Å². The average Bonchev–Trinajstić information content (AvgIpc) is 3.29. The quantitative estimate of drug-likeness (QED) is 0.801. The molecule has 4 nitrogen and oxygen atoms in total. The van der Waals surface area contributed by atoms with E-state index in [9.17, 15) is 4.79 Å². The minimum Gasteiger partial charge on any atom is -0.497 e. The standard InChI is InChI=1S/C16H24N2O2/c1-11(12-5-7-14(20-2)8-6-12)9-16(19)18-15(10-17)13-3-4-13/h5-8,11,13,15H,3-4,9-10,17H2,1-2H3,(H,18,19). The molecule has 0 bridgehead atoms. The topological polar surface area (TPSA) is 64.3 Å². The maximum Gasteiger partial charge on any atom is 0.220 e. The second-order valence-electron chi connectivity index (χ2n) is 5.63. The number of nitrogens with two attached hydrogens (primary N) is 1. The SMILES string of the molecule is COc1ccc(C(C)CC(=O)NC(CN)C2CC2)cc1. The lowest BCUT2D eigenvalue weighted by atomic mass is 9.97. The molecule has 2 atom stereocenters. The molecule has 1 fully saturated rings. The number of carbonyl (C=O) groups excluding carboxylic acids is 1. The average molecular weight is 276 g/mol. The fraction of sp³-hybridized carbons (Fsp3) is 0.562. The van der Waals surface area contributed by atoms with E-state index in [1.807, 2.05) is 24.3 Å². The zero-order valence-electron chi connectivity index (χ0n) is 12.3. The molecule has 3 N–H and O–H groups in total. The minimum atomic E-state index is 0.0932. The fourth-order valence-corrected chi connectivity index (χ4v) is 2.46. The van der Waals surface area contributed by atoms with Crippen LogP contribution in [0.3, 0.4) is 0 Å². The van der Waals surface area contributed by atoms with Crippen LogP contribution in [0.25, 0.3) is 0 Å². The fourth-order valence-electron chi connectivity index (χ4n) is 2.46. The highest BCUT2D eigenvalue weighted by Crippen LogP contribution is 2.32. The van der Waals surface area contributed by atoms with Crippen molar-refractivity contribution in [3.05, 3.63) is 29.8 Å². The summed E-state index contributed by atoms with van der Waals surface area (Å²) in [7, 11) is 1.65. The molecule has 0 aromatic heterocycles. The lowest BCUT2D eigenvalue weighted by molar-refractivity contribution is -0.122. The largest absolute Gasteiger partial charge is 0.497 e. The molecule has 1 aromatic rings. The number of methoxy groups -OCH3 is 1. The summed E-state index contributed by atoms with van der Waals surface area (Å²) in [5.74, 6) is 1.72. The first-order valence-corrected chi connectivity index (χ1v) is 7.27. The monoisotopic (exact) mass is 276 g/mol. The van der Waals surface area contributed by atoms with Gasteiger partial charge in [0.25, 0.3) is 0 Å². The van der Waals surface area contributed by atoms with E-state index in [1.165, 1.54) is 12.8 Å². The van der Waals surface area contributed by atoms with Crippen LogP contribution in [0.4, 0.5) is 0 Å². The molecule has 0 saturated heterocycles. The van der Waals surface area contributed by atoms with Gasteiger partial charge in [-0.1, -0.05) is 19.1 Å². The summed E-state index contributed by atoms with van der Waals surface area (Å²) in [5, 5.41) is 3.06. The summed E-state index contributed by atoms with van der Waals surface area (Å²) >= 11 is 0. The predicted molar refractivity (Wildman–Crippen MR) is 79.7 cm³/mol. The molecule has 0 radical (unpaired) electrons.